The summed E-state index contributed by atoms with van der Waals surface area (Å²) in [4.78, 5) is 14.0. The quantitative estimate of drug-likeness (QED) is 0.712. The smallest absolute Gasteiger partial charge is 0.378 e. The number of alkyl halides is 3. The summed E-state index contributed by atoms with van der Waals surface area (Å²) in [5, 5.41) is 2.93. The number of amides is 1. The van der Waals surface area contributed by atoms with Crippen LogP contribution < -0.4 is 11.1 Å². The third-order valence-electron chi connectivity index (χ3n) is 6.18. The van der Waals surface area contributed by atoms with E-state index in [0.717, 1.165) is 19.3 Å². The molecule has 2 atom stereocenters. The molecule has 2 rings (SSSR count). The summed E-state index contributed by atoms with van der Waals surface area (Å²) in [7, 11) is 0. The molecule has 1 aliphatic heterocycles. The molecule has 5 nitrogen and oxygen atoms in total. The summed E-state index contributed by atoms with van der Waals surface area (Å²) in [6, 6.07) is 0. The van der Waals surface area contributed by atoms with E-state index in [4.69, 9.17) is 10.5 Å². The molecule has 0 spiro atoms. The molecular weight excluding hydrogens is 347 g/mol. The first kappa shape index (κ1) is 21.4. The normalized spacial score (nSPS) is 30.0. The van der Waals surface area contributed by atoms with Gasteiger partial charge in [-0.05, 0) is 45.2 Å². The molecule has 152 valence electrons. The maximum Gasteiger partial charge on any atom is 0.401 e. The third-order valence-corrected chi connectivity index (χ3v) is 6.18. The van der Waals surface area contributed by atoms with Gasteiger partial charge in [0.2, 0.25) is 5.91 Å². The highest BCUT2D eigenvalue weighted by Crippen LogP contribution is 2.49. The number of hydrogen-bond donors (Lipinski definition) is 2. The summed E-state index contributed by atoms with van der Waals surface area (Å²) < 4.78 is 42.9. The Labute approximate surface area is 153 Å². The number of nitrogens with one attached hydrogen (secondary N) is 1. The SMILES string of the molecule is CCOC1CC(N)(C(=O)NCCC2CCN(CC(F)(F)F)CC2)C1(C)C. The number of carbonyl (C=O) groups excluding carboxylic acids is 1. The van der Waals surface area contributed by atoms with Crippen molar-refractivity contribution in [1.82, 2.24) is 10.2 Å². The van der Waals surface area contributed by atoms with Crippen LogP contribution in [0, 0.1) is 11.3 Å². The van der Waals surface area contributed by atoms with Gasteiger partial charge >= 0.3 is 6.18 Å². The van der Waals surface area contributed by atoms with Crippen molar-refractivity contribution < 1.29 is 22.7 Å². The number of likely N-dealkylation sites (tertiary alicyclic amines) is 1. The van der Waals surface area contributed by atoms with Gasteiger partial charge in [0.25, 0.3) is 0 Å². The molecule has 26 heavy (non-hydrogen) atoms. The lowest BCUT2D eigenvalue weighted by atomic mass is 9.54. The Bertz CT molecular complexity index is 491. The fraction of sp³-hybridized carbons (Fsp3) is 0.944. The highest BCUT2D eigenvalue weighted by atomic mass is 19.4. The zero-order chi connectivity index (χ0) is 19.6. The zero-order valence-electron chi connectivity index (χ0n) is 16.0. The van der Waals surface area contributed by atoms with Crippen molar-refractivity contribution in [3.63, 3.8) is 0 Å². The summed E-state index contributed by atoms with van der Waals surface area (Å²) in [6.07, 6.45) is -1.39. The van der Waals surface area contributed by atoms with Gasteiger partial charge in [-0.2, -0.15) is 13.2 Å². The second-order valence-electron chi connectivity index (χ2n) is 8.22. The highest BCUT2D eigenvalue weighted by molar-refractivity contribution is 5.88. The molecule has 8 heteroatoms. The Morgan fingerprint density at radius 3 is 2.42 bits per heavy atom. The van der Waals surface area contributed by atoms with Crippen LogP contribution in [0.3, 0.4) is 0 Å². The molecule has 2 aliphatic rings. The van der Waals surface area contributed by atoms with Gasteiger partial charge in [-0.3, -0.25) is 9.69 Å². The second kappa shape index (κ2) is 8.02. The number of nitrogens with zero attached hydrogens (tertiary/aromatic N) is 1. The van der Waals surface area contributed by atoms with Gasteiger partial charge in [-0.15, -0.1) is 0 Å². The average molecular weight is 379 g/mol. The Balaban J connectivity index is 1.70. The van der Waals surface area contributed by atoms with Crippen LogP contribution in [-0.4, -0.2) is 61.4 Å². The first-order valence-corrected chi connectivity index (χ1v) is 9.47. The van der Waals surface area contributed by atoms with Crippen molar-refractivity contribution in [3.05, 3.63) is 0 Å². The summed E-state index contributed by atoms with van der Waals surface area (Å²) in [6.45, 7) is 7.02. The summed E-state index contributed by atoms with van der Waals surface area (Å²) in [5.41, 5.74) is 4.99. The van der Waals surface area contributed by atoms with E-state index in [1.807, 2.05) is 20.8 Å². The fourth-order valence-electron chi connectivity index (χ4n) is 4.05. The molecule has 0 bridgehead atoms. The third kappa shape index (κ3) is 4.70. The number of carbonyl (C=O) groups is 1. The van der Waals surface area contributed by atoms with E-state index in [1.165, 1.54) is 4.90 Å². The minimum Gasteiger partial charge on any atom is -0.378 e. The fourth-order valence-corrected chi connectivity index (χ4v) is 4.05. The van der Waals surface area contributed by atoms with Gasteiger partial charge in [0.05, 0.1) is 12.6 Å². The van der Waals surface area contributed by atoms with Crippen molar-refractivity contribution in [2.24, 2.45) is 17.1 Å². The van der Waals surface area contributed by atoms with Crippen molar-refractivity contribution >= 4 is 5.91 Å². The molecule has 0 aromatic carbocycles. The molecule has 3 N–H and O–H groups in total. The van der Waals surface area contributed by atoms with Gasteiger partial charge in [0, 0.05) is 25.0 Å². The van der Waals surface area contributed by atoms with Crippen molar-refractivity contribution in [3.8, 4) is 0 Å². The maximum atomic E-state index is 12.5. The van der Waals surface area contributed by atoms with E-state index < -0.39 is 23.7 Å². The van der Waals surface area contributed by atoms with E-state index >= 15 is 0 Å². The molecule has 1 aliphatic carbocycles. The van der Waals surface area contributed by atoms with E-state index in [0.29, 0.717) is 38.6 Å². The lowest BCUT2D eigenvalue weighted by Gasteiger charge is -2.57. The topological polar surface area (TPSA) is 67.6 Å². The molecule has 0 radical (unpaired) electrons. The van der Waals surface area contributed by atoms with Crippen LogP contribution in [0.25, 0.3) is 0 Å². The Morgan fingerprint density at radius 2 is 1.92 bits per heavy atom. The first-order chi connectivity index (χ1) is 12.0. The standard InChI is InChI=1S/C18H32F3N3O2/c1-4-26-14-11-17(22,16(14,2)3)15(25)23-8-5-13-6-9-24(10-7-13)12-18(19,20)21/h13-14H,4-12,22H2,1-3H3,(H,23,25). The first-order valence-electron chi connectivity index (χ1n) is 9.47. The van der Waals surface area contributed by atoms with Gasteiger partial charge < -0.3 is 15.8 Å². The van der Waals surface area contributed by atoms with Gasteiger partial charge in [-0.25, -0.2) is 0 Å². The largest absolute Gasteiger partial charge is 0.401 e. The minimum absolute atomic E-state index is 0.0128. The maximum absolute atomic E-state index is 12.5. The van der Waals surface area contributed by atoms with Gasteiger partial charge in [-0.1, -0.05) is 13.8 Å². The molecule has 1 saturated carbocycles. The number of hydrogen-bond acceptors (Lipinski definition) is 4. The summed E-state index contributed by atoms with van der Waals surface area (Å²) in [5.74, 6) is 0.187. The van der Waals surface area contributed by atoms with Crippen LogP contribution in [-0.2, 0) is 9.53 Å². The zero-order valence-corrected chi connectivity index (χ0v) is 16.0. The van der Waals surface area contributed by atoms with Crippen molar-refractivity contribution in [1.29, 1.82) is 0 Å². The molecule has 1 heterocycles. The molecular formula is C18H32F3N3O2. The average Bonchev–Trinajstić information content (AvgIpc) is 2.54. The molecule has 1 amide bonds. The predicted molar refractivity (Wildman–Crippen MR) is 93.6 cm³/mol. The second-order valence-corrected chi connectivity index (χ2v) is 8.22. The lowest BCUT2D eigenvalue weighted by Crippen LogP contribution is -2.75. The molecule has 2 fully saturated rings. The summed E-state index contributed by atoms with van der Waals surface area (Å²) >= 11 is 0. The van der Waals surface area contributed by atoms with Crippen molar-refractivity contribution in [2.75, 3.05) is 32.8 Å². The van der Waals surface area contributed by atoms with Crippen molar-refractivity contribution in [2.45, 2.75) is 64.3 Å². The number of piperidine rings is 1. The molecule has 0 aromatic rings. The van der Waals surface area contributed by atoms with Crippen LogP contribution in [0.2, 0.25) is 0 Å². The van der Waals surface area contributed by atoms with E-state index in [2.05, 4.69) is 5.32 Å². The Kier molecular flexibility index (Phi) is 6.62. The monoisotopic (exact) mass is 379 g/mol. The van der Waals surface area contributed by atoms with Crippen LogP contribution in [0.1, 0.15) is 46.5 Å². The predicted octanol–water partition coefficient (Wildman–Crippen LogP) is 2.30. The van der Waals surface area contributed by atoms with Gasteiger partial charge in [0.15, 0.2) is 0 Å². The van der Waals surface area contributed by atoms with Crippen LogP contribution in [0.4, 0.5) is 13.2 Å². The number of rotatable bonds is 7. The number of nitrogens with two attached hydrogens (primary N) is 1. The van der Waals surface area contributed by atoms with E-state index in [-0.39, 0.29) is 12.0 Å². The van der Waals surface area contributed by atoms with Crippen LogP contribution in [0.15, 0.2) is 0 Å². The number of halogens is 3. The van der Waals surface area contributed by atoms with Gasteiger partial charge in [0.1, 0.15) is 5.54 Å². The Hall–Kier alpha value is -0.860. The van der Waals surface area contributed by atoms with E-state index in [1.54, 1.807) is 0 Å². The minimum atomic E-state index is -4.13. The van der Waals surface area contributed by atoms with E-state index in [9.17, 15) is 18.0 Å². The molecule has 1 saturated heterocycles. The highest BCUT2D eigenvalue weighted by Gasteiger charge is 2.62. The lowest BCUT2D eigenvalue weighted by molar-refractivity contribution is -0.170. The number of ether oxygens (including phenoxy) is 1. The van der Waals surface area contributed by atoms with Crippen LogP contribution in [0.5, 0.6) is 0 Å². The van der Waals surface area contributed by atoms with Crippen LogP contribution >= 0.6 is 0 Å². The molecule has 2 unspecified atom stereocenters. The Morgan fingerprint density at radius 1 is 1.31 bits per heavy atom. The molecule has 0 aromatic heterocycles.